The molecular formula is C37H39NS. The number of nitrogens with zero attached hydrogens (tertiary/aromatic N) is 1. The standard InChI is InChI=1S/C37H39NS/c1-22(2)16-25-12-13-29-28(19-25)20-32-36-35-30(14-15-38-36)34-26(18-24-8-5-6-9-24)10-7-11-27(34)21-33(35)39-37(32)31(29)17-23(3)4/h7,10-15,19-24H,5-6,8-9,16-18H2,1-4H3. The van der Waals surface area contributed by atoms with Gasteiger partial charge >= 0.3 is 0 Å². The van der Waals surface area contributed by atoms with Crippen molar-refractivity contribution in [3.63, 3.8) is 0 Å². The summed E-state index contributed by atoms with van der Waals surface area (Å²) in [5.41, 5.74) is 6.96. The number of benzene rings is 4. The van der Waals surface area contributed by atoms with Crippen molar-refractivity contribution in [2.24, 2.45) is 17.8 Å². The summed E-state index contributed by atoms with van der Waals surface area (Å²) >= 11 is 1.99. The van der Waals surface area contributed by atoms with Crippen molar-refractivity contribution in [3.05, 3.63) is 77.5 Å². The molecule has 1 aromatic heterocycles. The molecule has 39 heavy (non-hydrogen) atoms. The minimum atomic E-state index is 0.593. The molecule has 4 aromatic carbocycles. The van der Waals surface area contributed by atoms with Gasteiger partial charge in [0.05, 0.1) is 5.69 Å². The SMILES string of the molecule is CC(C)Cc1ccc2c(CC(C)C)c3c(cc2c1)-c1nccc2c1c(cc1cccc(CC4CCCC4)c12)S3. The average Bonchev–Trinajstić information content (AvgIpc) is 3.42. The first-order chi connectivity index (χ1) is 19.0. The minimum absolute atomic E-state index is 0.593. The second-order valence-corrected chi connectivity index (χ2v) is 14.0. The van der Waals surface area contributed by atoms with E-state index in [2.05, 4.69) is 88.5 Å². The summed E-state index contributed by atoms with van der Waals surface area (Å²) in [5.74, 6) is 2.08. The third kappa shape index (κ3) is 4.45. The normalized spacial score (nSPS) is 15.3. The van der Waals surface area contributed by atoms with Gasteiger partial charge in [-0.15, -0.1) is 0 Å². The highest BCUT2D eigenvalue weighted by molar-refractivity contribution is 8.00. The first-order valence-corrected chi connectivity index (χ1v) is 15.9. The van der Waals surface area contributed by atoms with Crippen LogP contribution in [0.5, 0.6) is 0 Å². The van der Waals surface area contributed by atoms with E-state index in [1.165, 1.54) is 102 Å². The van der Waals surface area contributed by atoms with E-state index >= 15 is 0 Å². The molecule has 0 spiro atoms. The summed E-state index contributed by atoms with van der Waals surface area (Å²) in [6.07, 6.45) is 11.0. The number of hydrogen-bond donors (Lipinski definition) is 0. The van der Waals surface area contributed by atoms with Crippen LogP contribution in [0.2, 0.25) is 0 Å². The monoisotopic (exact) mass is 529 g/mol. The molecule has 0 radical (unpaired) electrons. The van der Waals surface area contributed by atoms with Crippen LogP contribution in [0.1, 0.15) is 70.1 Å². The first-order valence-electron chi connectivity index (χ1n) is 15.1. The van der Waals surface area contributed by atoms with Crippen LogP contribution in [0, 0.1) is 17.8 Å². The van der Waals surface area contributed by atoms with Crippen molar-refractivity contribution in [2.45, 2.75) is 82.4 Å². The zero-order valence-corrected chi connectivity index (χ0v) is 24.6. The molecule has 2 aliphatic rings. The van der Waals surface area contributed by atoms with Crippen LogP contribution in [0.3, 0.4) is 0 Å². The zero-order chi connectivity index (χ0) is 26.7. The maximum absolute atomic E-state index is 5.10. The van der Waals surface area contributed by atoms with Crippen LogP contribution in [-0.4, -0.2) is 4.98 Å². The smallest absolute Gasteiger partial charge is 0.0803 e. The van der Waals surface area contributed by atoms with E-state index in [-0.39, 0.29) is 0 Å². The molecule has 1 aliphatic carbocycles. The Hall–Kier alpha value is -2.84. The number of hydrogen-bond acceptors (Lipinski definition) is 2. The minimum Gasteiger partial charge on any atom is -0.256 e. The number of rotatable bonds is 6. The zero-order valence-electron chi connectivity index (χ0n) is 23.8. The molecule has 2 heteroatoms. The summed E-state index contributed by atoms with van der Waals surface area (Å²) in [4.78, 5) is 7.89. The second-order valence-electron chi connectivity index (χ2n) is 12.9. The van der Waals surface area contributed by atoms with Crippen LogP contribution in [-0.2, 0) is 19.3 Å². The predicted octanol–water partition coefficient (Wildman–Crippen LogP) is 10.8. The second kappa shape index (κ2) is 9.97. The van der Waals surface area contributed by atoms with Crippen molar-refractivity contribution < 1.29 is 0 Å². The maximum atomic E-state index is 5.10. The lowest BCUT2D eigenvalue weighted by Crippen LogP contribution is -2.05. The van der Waals surface area contributed by atoms with Gasteiger partial charge in [-0.3, -0.25) is 4.98 Å². The third-order valence-electron chi connectivity index (χ3n) is 8.90. The van der Waals surface area contributed by atoms with Gasteiger partial charge in [0.15, 0.2) is 0 Å². The quantitative estimate of drug-likeness (QED) is 0.199. The Balaban J connectivity index is 1.48. The van der Waals surface area contributed by atoms with Gasteiger partial charge in [-0.1, -0.05) is 102 Å². The number of fused-ring (bicyclic) bond motifs is 5. The van der Waals surface area contributed by atoms with Crippen molar-refractivity contribution in [3.8, 4) is 11.3 Å². The van der Waals surface area contributed by atoms with E-state index in [1.54, 1.807) is 0 Å². The molecule has 0 unspecified atom stereocenters. The van der Waals surface area contributed by atoms with Gasteiger partial charge in [-0.25, -0.2) is 0 Å². The summed E-state index contributed by atoms with van der Waals surface area (Å²) < 4.78 is 0. The summed E-state index contributed by atoms with van der Waals surface area (Å²) in [7, 11) is 0. The first kappa shape index (κ1) is 25.1. The van der Waals surface area contributed by atoms with Crippen LogP contribution < -0.4 is 0 Å². The molecule has 1 nitrogen and oxygen atoms in total. The maximum Gasteiger partial charge on any atom is 0.0803 e. The number of aromatic nitrogens is 1. The fourth-order valence-corrected chi connectivity index (χ4v) is 8.60. The highest BCUT2D eigenvalue weighted by atomic mass is 32.2. The Morgan fingerprint density at radius 2 is 1.64 bits per heavy atom. The van der Waals surface area contributed by atoms with Crippen LogP contribution in [0.15, 0.2) is 70.6 Å². The largest absolute Gasteiger partial charge is 0.256 e. The number of pyridine rings is 1. The molecule has 198 valence electrons. The summed E-state index contributed by atoms with van der Waals surface area (Å²) in [6.45, 7) is 9.31. The Labute approximate surface area is 237 Å². The lowest BCUT2D eigenvalue weighted by atomic mass is 9.88. The van der Waals surface area contributed by atoms with E-state index < -0.39 is 0 Å². The van der Waals surface area contributed by atoms with Gasteiger partial charge in [-0.2, -0.15) is 0 Å². The molecule has 1 saturated carbocycles. The van der Waals surface area contributed by atoms with Gasteiger partial charge in [-0.05, 0) is 98.8 Å². The van der Waals surface area contributed by atoms with E-state index in [9.17, 15) is 0 Å². The Morgan fingerprint density at radius 3 is 2.44 bits per heavy atom. The molecule has 0 bridgehead atoms. The van der Waals surface area contributed by atoms with Crippen molar-refractivity contribution in [2.75, 3.05) is 0 Å². The van der Waals surface area contributed by atoms with Gasteiger partial charge in [0.2, 0.25) is 0 Å². The molecule has 0 amide bonds. The molecule has 2 heterocycles. The highest BCUT2D eigenvalue weighted by Gasteiger charge is 2.27. The topological polar surface area (TPSA) is 12.9 Å². The van der Waals surface area contributed by atoms with Crippen molar-refractivity contribution in [1.29, 1.82) is 0 Å². The van der Waals surface area contributed by atoms with Crippen LogP contribution in [0.25, 0.3) is 43.6 Å². The molecule has 5 aromatic rings. The van der Waals surface area contributed by atoms with Crippen LogP contribution in [0.4, 0.5) is 0 Å². The van der Waals surface area contributed by atoms with Crippen molar-refractivity contribution >= 4 is 44.1 Å². The van der Waals surface area contributed by atoms with Crippen LogP contribution >= 0.6 is 11.8 Å². The third-order valence-corrected chi connectivity index (χ3v) is 10.1. The molecule has 0 saturated heterocycles. The average molecular weight is 530 g/mol. The fourth-order valence-electron chi connectivity index (χ4n) is 7.31. The van der Waals surface area contributed by atoms with E-state index in [4.69, 9.17) is 4.98 Å². The molecule has 0 N–H and O–H groups in total. The summed E-state index contributed by atoms with van der Waals surface area (Å²) in [6, 6.07) is 21.4. The molecule has 0 atom stereocenters. The van der Waals surface area contributed by atoms with Gasteiger partial charge in [0.1, 0.15) is 0 Å². The van der Waals surface area contributed by atoms with Crippen molar-refractivity contribution in [1.82, 2.24) is 4.98 Å². The highest BCUT2D eigenvalue weighted by Crippen LogP contribution is 2.52. The van der Waals surface area contributed by atoms with Gasteiger partial charge in [0.25, 0.3) is 0 Å². The van der Waals surface area contributed by atoms with E-state index in [1.807, 2.05) is 11.8 Å². The molecule has 1 aliphatic heterocycles. The lowest BCUT2D eigenvalue weighted by molar-refractivity contribution is 0.548. The molecular weight excluding hydrogens is 490 g/mol. The lowest BCUT2D eigenvalue weighted by Gasteiger charge is -2.26. The Bertz CT molecular complexity index is 1720. The van der Waals surface area contributed by atoms with Gasteiger partial charge in [0, 0.05) is 26.9 Å². The predicted molar refractivity (Wildman–Crippen MR) is 169 cm³/mol. The Morgan fingerprint density at radius 1 is 0.821 bits per heavy atom. The summed E-state index contributed by atoms with van der Waals surface area (Å²) in [5, 5.41) is 8.36. The molecule has 1 fully saturated rings. The molecule has 7 rings (SSSR count). The van der Waals surface area contributed by atoms with E-state index in [0.717, 1.165) is 18.8 Å². The fraction of sp³-hybridized carbons (Fsp3) is 0.378. The Kier molecular flexibility index (Phi) is 6.43. The van der Waals surface area contributed by atoms with E-state index in [0.29, 0.717) is 11.8 Å². The van der Waals surface area contributed by atoms with Gasteiger partial charge < -0.3 is 0 Å².